The topological polar surface area (TPSA) is 53.4 Å². The molecule has 2 rings (SSSR count). The van der Waals surface area contributed by atoms with Gasteiger partial charge in [-0.25, -0.2) is 4.98 Å². The molecule has 0 aliphatic carbocycles. The van der Waals surface area contributed by atoms with Gasteiger partial charge < -0.3 is 5.11 Å². The van der Waals surface area contributed by atoms with Crippen LogP contribution in [0.2, 0.25) is 0 Å². The van der Waals surface area contributed by atoms with Gasteiger partial charge in [-0.1, -0.05) is 13.3 Å². The number of aromatic nitrogens is 1. The molecule has 1 fully saturated rings. The van der Waals surface area contributed by atoms with Crippen LogP contribution in [0.25, 0.3) is 0 Å². The van der Waals surface area contributed by atoms with E-state index >= 15 is 0 Å². The van der Waals surface area contributed by atoms with Gasteiger partial charge in [-0.05, 0) is 32.4 Å². The van der Waals surface area contributed by atoms with Gasteiger partial charge in [0.05, 0.1) is 12.5 Å². The van der Waals surface area contributed by atoms with Gasteiger partial charge in [0.15, 0.2) is 0 Å². The molecule has 100 valence electrons. The third kappa shape index (κ3) is 3.29. The van der Waals surface area contributed by atoms with Crippen LogP contribution in [0.15, 0.2) is 6.20 Å². The standard InChI is InChI=1S/C13H20N2O2S/c1-2-15-8-4-3-5-11(15)13-14-9-10(18-13)6-7-12(16)17/h9,11H,2-8H2,1H3,(H,16,17). The number of hydrogen-bond acceptors (Lipinski definition) is 4. The molecule has 0 spiro atoms. The molecule has 0 radical (unpaired) electrons. The van der Waals surface area contributed by atoms with E-state index in [0.717, 1.165) is 23.0 Å². The molecule has 1 aliphatic rings. The van der Waals surface area contributed by atoms with Crippen molar-refractivity contribution in [1.82, 2.24) is 9.88 Å². The van der Waals surface area contributed by atoms with E-state index in [2.05, 4.69) is 16.8 Å². The Kier molecular flexibility index (Phi) is 4.72. The fourth-order valence-corrected chi connectivity index (χ4v) is 3.56. The molecule has 1 saturated heterocycles. The minimum Gasteiger partial charge on any atom is -0.481 e. The molecule has 2 heterocycles. The van der Waals surface area contributed by atoms with Gasteiger partial charge in [-0.15, -0.1) is 11.3 Å². The van der Waals surface area contributed by atoms with Crippen LogP contribution in [0.5, 0.6) is 0 Å². The number of carboxylic acid groups (broad SMARTS) is 1. The number of carbonyl (C=O) groups is 1. The summed E-state index contributed by atoms with van der Waals surface area (Å²) >= 11 is 1.68. The van der Waals surface area contributed by atoms with Gasteiger partial charge >= 0.3 is 5.97 Å². The van der Waals surface area contributed by atoms with Gasteiger partial charge in [0.2, 0.25) is 0 Å². The maximum absolute atomic E-state index is 10.6. The number of likely N-dealkylation sites (tertiary alicyclic amines) is 1. The third-order valence-electron chi connectivity index (χ3n) is 3.46. The second-order valence-corrected chi connectivity index (χ2v) is 5.85. The molecule has 18 heavy (non-hydrogen) atoms. The molecule has 0 bridgehead atoms. The van der Waals surface area contributed by atoms with Gasteiger partial charge in [0, 0.05) is 11.1 Å². The Morgan fingerprint density at radius 1 is 1.61 bits per heavy atom. The highest BCUT2D eigenvalue weighted by Crippen LogP contribution is 2.33. The molecule has 1 unspecified atom stereocenters. The lowest BCUT2D eigenvalue weighted by Gasteiger charge is -2.33. The molecular weight excluding hydrogens is 248 g/mol. The van der Waals surface area contributed by atoms with E-state index in [4.69, 9.17) is 5.11 Å². The zero-order valence-corrected chi connectivity index (χ0v) is 11.6. The molecule has 1 aliphatic heterocycles. The third-order valence-corrected chi connectivity index (χ3v) is 4.62. The zero-order valence-electron chi connectivity index (χ0n) is 10.8. The molecule has 1 N–H and O–H groups in total. The lowest BCUT2D eigenvalue weighted by Crippen LogP contribution is -2.32. The Balaban J connectivity index is 2.01. The number of carboxylic acids is 1. The van der Waals surface area contributed by atoms with Crippen LogP contribution in [-0.2, 0) is 11.2 Å². The number of thiazole rings is 1. The molecule has 1 aromatic heterocycles. The van der Waals surface area contributed by atoms with Crippen LogP contribution in [-0.4, -0.2) is 34.0 Å². The van der Waals surface area contributed by atoms with Gasteiger partial charge in [-0.2, -0.15) is 0 Å². The fourth-order valence-electron chi connectivity index (χ4n) is 2.47. The predicted octanol–water partition coefficient (Wildman–Crippen LogP) is 2.71. The molecule has 5 heteroatoms. The summed E-state index contributed by atoms with van der Waals surface area (Å²) < 4.78 is 0. The van der Waals surface area contributed by atoms with Crippen molar-refractivity contribution in [3.05, 3.63) is 16.1 Å². The number of hydrogen-bond donors (Lipinski definition) is 1. The minimum atomic E-state index is -0.738. The van der Waals surface area contributed by atoms with Crippen LogP contribution in [0, 0.1) is 0 Å². The van der Waals surface area contributed by atoms with Crippen molar-refractivity contribution >= 4 is 17.3 Å². The summed E-state index contributed by atoms with van der Waals surface area (Å²) in [4.78, 5) is 18.6. The van der Waals surface area contributed by atoms with E-state index in [1.165, 1.54) is 19.3 Å². The van der Waals surface area contributed by atoms with Crippen molar-refractivity contribution in [1.29, 1.82) is 0 Å². The molecule has 0 amide bonds. The van der Waals surface area contributed by atoms with Crippen LogP contribution >= 0.6 is 11.3 Å². The van der Waals surface area contributed by atoms with Crippen molar-refractivity contribution in [2.75, 3.05) is 13.1 Å². The number of piperidine rings is 1. The van der Waals surface area contributed by atoms with Crippen molar-refractivity contribution in [3.63, 3.8) is 0 Å². The van der Waals surface area contributed by atoms with Crippen molar-refractivity contribution in [2.45, 2.75) is 45.1 Å². The normalized spacial score (nSPS) is 21.1. The Morgan fingerprint density at radius 3 is 3.17 bits per heavy atom. The van der Waals surface area contributed by atoms with Crippen molar-refractivity contribution < 1.29 is 9.90 Å². The largest absolute Gasteiger partial charge is 0.481 e. The second-order valence-electron chi connectivity index (χ2n) is 4.70. The Morgan fingerprint density at radius 2 is 2.44 bits per heavy atom. The average molecular weight is 268 g/mol. The number of rotatable bonds is 5. The fraction of sp³-hybridized carbons (Fsp3) is 0.692. The van der Waals surface area contributed by atoms with Crippen molar-refractivity contribution in [3.8, 4) is 0 Å². The summed E-state index contributed by atoms with van der Waals surface area (Å²) in [5, 5.41) is 9.85. The lowest BCUT2D eigenvalue weighted by molar-refractivity contribution is -0.136. The maximum atomic E-state index is 10.6. The number of nitrogens with zero attached hydrogens (tertiary/aromatic N) is 2. The van der Waals surface area contributed by atoms with E-state index < -0.39 is 5.97 Å². The van der Waals surface area contributed by atoms with Crippen molar-refractivity contribution in [2.24, 2.45) is 0 Å². The zero-order chi connectivity index (χ0) is 13.0. The molecule has 1 atom stereocenters. The molecule has 0 saturated carbocycles. The second kappa shape index (κ2) is 6.29. The van der Waals surface area contributed by atoms with Crippen LogP contribution in [0.1, 0.15) is 48.5 Å². The smallest absolute Gasteiger partial charge is 0.303 e. The summed E-state index contributed by atoms with van der Waals surface area (Å²) in [6.07, 6.45) is 6.38. The number of aryl methyl sites for hydroxylation is 1. The van der Waals surface area contributed by atoms with Gasteiger partial charge in [0.25, 0.3) is 0 Å². The Hall–Kier alpha value is -0.940. The first-order valence-electron chi connectivity index (χ1n) is 6.61. The molecule has 0 aromatic carbocycles. The highest BCUT2D eigenvalue weighted by molar-refractivity contribution is 7.11. The summed E-state index contributed by atoms with van der Waals surface area (Å²) in [5.74, 6) is -0.738. The highest BCUT2D eigenvalue weighted by Gasteiger charge is 2.25. The van der Waals surface area contributed by atoms with E-state index in [1.54, 1.807) is 11.3 Å². The van der Waals surface area contributed by atoms with Gasteiger partial charge in [0.1, 0.15) is 5.01 Å². The summed E-state index contributed by atoms with van der Waals surface area (Å²) in [7, 11) is 0. The van der Waals surface area contributed by atoms with E-state index in [0.29, 0.717) is 12.5 Å². The Bertz CT molecular complexity index is 405. The van der Waals surface area contributed by atoms with Crippen LogP contribution in [0.3, 0.4) is 0 Å². The maximum Gasteiger partial charge on any atom is 0.303 e. The lowest BCUT2D eigenvalue weighted by atomic mass is 10.0. The first kappa shape index (κ1) is 13.5. The summed E-state index contributed by atoms with van der Waals surface area (Å²) in [6.45, 7) is 4.41. The van der Waals surface area contributed by atoms with E-state index in [9.17, 15) is 4.79 Å². The quantitative estimate of drug-likeness (QED) is 0.892. The SMILES string of the molecule is CCN1CCCCC1c1ncc(CCC(=O)O)s1. The summed E-state index contributed by atoms with van der Waals surface area (Å²) in [6, 6.07) is 0.451. The molecular formula is C13H20N2O2S. The van der Waals surface area contributed by atoms with Crippen LogP contribution < -0.4 is 0 Å². The molecule has 4 nitrogen and oxygen atoms in total. The molecule has 1 aromatic rings. The number of aliphatic carboxylic acids is 1. The van der Waals surface area contributed by atoms with Gasteiger partial charge in [-0.3, -0.25) is 9.69 Å². The first-order chi connectivity index (χ1) is 8.70. The van der Waals surface area contributed by atoms with E-state index in [-0.39, 0.29) is 6.42 Å². The average Bonchev–Trinajstić information content (AvgIpc) is 2.85. The monoisotopic (exact) mass is 268 g/mol. The minimum absolute atomic E-state index is 0.198. The highest BCUT2D eigenvalue weighted by atomic mass is 32.1. The van der Waals surface area contributed by atoms with E-state index in [1.807, 2.05) is 6.20 Å². The Labute approximate surface area is 112 Å². The van der Waals surface area contributed by atoms with Crippen LogP contribution in [0.4, 0.5) is 0 Å². The summed E-state index contributed by atoms with van der Waals surface area (Å²) in [5.41, 5.74) is 0. The predicted molar refractivity (Wildman–Crippen MR) is 71.9 cm³/mol. The first-order valence-corrected chi connectivity index (χ1v) is 7.42.